The third kappa shape index (κ3) is 7.76. The van der Waals surface area contributed by atoms with Crippen molar-refractivity contribution >= 4 is 27.5 Å². The number of hydrogen-bond donors (Lipinski definition) is 1. The molecule has 2 amide bonds. The van der Waals surface area contributed by atoms with E-state index in [9.17, 15) is 18.0 Å². The number of benzene rings is 3. The van der Waals surface area contributed by atoms with E-state index < -0.39 is 28.5 Å². The zero-order chi connectivity index (χ0) is 29.4. The van der Waals surface area contributed by atoms with Gasteiger partial charge in [0.1, 0.15) is 12.6 Å². The zero-order valence-corrected chi connectivity index (χ0v) is 25.1. The number of nitrogens with one attached hydrogen (secondary N) is 1. The van der Waals surface area contributed by atoms with Crippen LogP contribution >= 0.6 is 0 Å². The molecule has 1 fully saturated rings. The lowest BCUT2D eigenvalue weighted by Gasteiger charge is -2.33. The molecule has 3 aromatic rings. The molecule has 0 radical (unpaired) electrons. The zero-order valence-electron chi connectivity index (χ0n) is 24.3. The summed E-state index contributed by atoms with van der Waals surface area (Å²) in [6.07, 6.45) is 6.00. The van der Waals surface area contributed by atoms with E-state index in [1.54, 1.807) is 37.3 Å². The molecule has 0 aliphatic heterocycles. The van der Waals surface area contributed by atoms with Crippen molar-refractivity contribution in [2.24, 2.45) is 0 Å². The Morgan fingerprint density at radius 2 is 1.49 bits per heavy atom. The highest BCUT2D eigenvalue weighted by molar-refractivity contribution is 7.92. The number of aryl methyl sites for hydroxylation is 2. The summed E-state index contributed by atoms with van der Waals surface area (Å²) in [4.78, 5) is 29.1. The van der Waals surface area contributed by atoms with Gasteiger partial charge in [0.25, 0.3) is 10.0 Å². The maximum absolute atomic E-state index is 14.1. The Labute approximate surface area is 244 Å². The summed E-state index contributed by atoms with van der Waals surface area (Å²) in [5, 5.41) is 3.14. The van der Waals surface area contributed by atoms with Crippen LogP contribution in [0.25, 0.3) is 0 Å². The third-order valence-corrected chi connectivity index (χ3v) is 9.62. The molecule has 1 atom stereocenters. The molecule has 0 spiro atoms. The van der Waals surface area contributed by atoms with Crippen molar-refractivity contribution in [1.29, 1.82) is 0 Å². The fourth-order valence-corrected chi connectivity index (χ4v) is 6.62. The van der Waals surface area contributed by atoms with Gasteiger partial charge in [0, 0.05) is 12.6 Å². The van der Waals surface area contributed by atoms with Gasteiger partial charge in [-0.2, -0.15) is 0 Å². The first-order valence-electron chi connectivity index (χ1n) is 14.5. The fraction of sp³-hybridized carbons (Fsp3) is 0.394. The van der Waals surface area contributed by atoms with Crippen molar-refractivity contribution in [2.45, 2.75) is 82.8 Å². The molecule has 0 aromatic heterocycles. The van der Waals surface area contributed by atoms with Crippen LogP contribution < -0.4 is 9.62 Å². The summed E-state index contributed by atoms with van der Waals surface area (Å²) in [5.74, 6) is -0.668. The number of hydrogen-bond acceptors (Lipinski definition) is 4. The van der Waals surface area contributed by atoms with Crippen LogP contribution in [0.4, 0.5) is 5.69 Å². The molecule has 0 heterocycles. The lowest BCUT2D eigenvalue weighted by Crippen LogP contribution is -2.53. The number of nitrogens with zero attached hydrogens (tertiary/aromatic N) is 2. The largest absolute Gasteiger partial charge is 0.352 e. The number of sulfonamides is 1. The lowest BCUT2D eigenvalue weighted by molar-refractivity contribution is -0.139. The van der Waals surface area contributed by atoms with Gasteiger partial charge in [-0.25, -0.2) is 8.42 Å². The molecule has 3 aromatic carbocycles. The second kappa shape index (κ2) is 13.8. The first-order chi connectivity index (χ1) is 19.7. The van der Waals surface area contributed by atoms with Crippen LogP contribution in [-0.4, -0.2) is 43.8 Å². The first kappa shape index (κ1) is 30.3. The van der Waals surface area contributed by atoms with Crippen molar-refractivity contribution in [1.82, 2.24) is 10.2 Å². The molecular formula is C33H41N3O4S. The van der Waals surface area contributed by atoms with E-state index in [2.05, 4.69) is 5.32 Å². The molecule has 7 nitrogen and oxygen atoms in total. The molecule has 1 aliphatic carbocycles. The number of anilines is 1. The normalized spacial score (nSPS) is 14.7. The van der Waals surface area contributed by atoms with Gasteiger partial charge < -0.3 is 10.2 Å². The summed E-state index contributed by atoms with van der Waals surface area (Å²) in [6.45, 7) is 5.49. The van der Waals surface area contributed by atoms with Gasteiger partial charge in [0.2, 0.25) is 11.8 Å². The van der Waals surface area contributed by atoms with E-state index in [4.69, 9.17) is 0 Å². The summed E-state index contributed by atoms with van der Waals surface area (Å²) in [6, 6.07) is 22.4. The fourth-order valence-electron chi connectivity index (χ4n) is 5.19. The Balaban J connectivity index is 1.66. The van der Waals surface area contributed by atoms with Crippen molar-refractivity contribution < 1.29 is 18.0 Å². The molecule has 0 bridgehead atoms. The number of amides is 2. The average molecular weight is 576 g/mol. The summed E-state index contributed by atoms with van der Waals surface area (Å²) >= 11 is 0. The molecule has 1 N–H and O–H groups in total. The first-order valence-corrected chi connectivity index (χ1v) is 15.9. The van der Waals surface area contributed by atoms with E-state index >= 15 is 0 Å². The van der Waals surface area contributed by atoms with Gasteiger partial charge in [0.05, 0.1) is 10.6 Å². The van der Waals surface area contributed by atoms with Gasteiger partial charge in [-0.1, -0.05) is 86.3 Å². The summed E-state index contributed by atoms with van der Waals surface area (Å²) < 4.78 is 28.9. The van der Waals surface area contributed by atoms with E-state index in [1.165, 1.54) is 23.5 Å². The summed E-state index contributed by atoms with van der Waals surface area (Å²) in [7, 11) is -4.06. The molecule has 41 heavy (non-hydrogen) atoms. The minimum Gasteiger partial charge on any atom is -0.352 e. The molecular weight excluding hydrogens is 534 g/mol. The van der Waals surface area contributed by atoms with Gasteiger partial charge in [-0.15, -0.1) is 0 Å². The van der Waals surface area contributed by atoms with Crippen molar-refractivity contribution in [3.63, 3.8) is 0 Å². The Kier molecular flexibility index (Phi) is 10.2. The molecule has 1 saturated carbocycles. The van der Waals surface area contributed by atoms with Gasteiger partial charge in [-0.3, -0.25) is 13.9 Å². The quantitative estimate of drug-likeness (QED) is 0.322. The highest BCUT2D eigenvalue weighted by atomic mass is 32.2. The van der Waals surface area contributed by atoms with Crippen molar-refractivity contribution in [3.05, 3.63) is 95.6 Å². The van der Waals surface area contributed by atoms with Crippen LogP contribution in [0.1, 0.15) is 62.6 Å². The van der Waals surface area contributed by atoms with Gasteiger partial charge in [0.15, 0.2) is 0 Å². The molecule has 4 rings (SSSR count). The second-order valence-corrected chi connectivity index (χ2v) is 12.7. The molecule has 1 unspecified atom stereocenters. The van der Waals surface area contributed by atoms with Crippen LogP contribution in [-0.2, 0) is 32.6 Å². The van der Waals surface area contributed by atoms with Crippen molar-refractivity contribution in [3.8, 4) is 0 Å². The molecule has 8 heteroatoms. The average Bonchev–Trinajstić information content (AvgIpc) is 3.00. The monoisotopic (exact) mass is 575 g/mol. The maximum Gasteiger partial charge on any atom is 0.264 e. The van der Waals surface area contributed by atoms with E-state index in [-0.39, 0.29) is 23.4 Å². The minimum absolute atomic E-state index is 0.0977. The van der Waals surface area contributed by atoms with Crippen LogP contribution in [0.15, 0.2) is 83.8 Å². The van der Waals surface area contributed by atoms with Gasteiger partial charge in [-0.05, 0) is 68.5 Å². The SMILES string of the molecule is CCc1ccc(N(CC(=O)N(Cc2ccc(C)cc2)C(C)C(=O)NC2CCCCC2)S(=O)(=O)c2ccccc2)cc1. The third-order valence-electron chi connectivity index (χ3n) is 7.84. The Hall–Kier alpha value is -3.65. The Bertz CT molecular complexity index is 1400. The number of carbonyl (C=O) groups excluding carboxylic acids is 2. The van der Waals surface area contributed by atoms with Crippen LogP contribution in [0.3, 0.4) is 0 Å². The minimum atomic E-state index is -4.06. The van der Waals surface area contributed by atoms with E-state index in [0.29, 0.717) is 5.69 Å². The van der Waals surface area contributed by atoms with Crippen molar-refractivity contribution in [2.75, 3.05) is 10.8 Å². The van der Waals surface area contributed by atoms with Crippen LogP contribution in [0.5, 0.6) is 0 Å². The number of carbonyl (C=O) groups is 2. The summed E-state index contributed by atoms with van der Waals surface area (Å²) in [5.41, 5.74) is 3.41. The number of rotatable bonds is 11. The predicted molar refractivity (Wildman–Crippen MR) is 163 cm³/mol. The van der Waals surface area contributed by atoms with Crippen LogP contribution in [0, 0.1) is 6.92 Å². The molecule has 218 valence electrons. The van der Waals surface area contributed by atoms with E-state index in [0.717, 1.165) is 53.1 Å². The standard InChI is InChI=1S/C33H41N3O4S/c1-4-27-19-21-30(22-20-27)36(41(39,40)31-13-9-6-10-14-31)24-32(37)35(23-28-17-15-25(2)16-18-28)26(3)33(38)34-29-11-7-5-8-12-29/h6,9-10,13-22,26,29H,4-5,7-8,11-12,23-24H2,1-3H3,(H,34,38). The van der Waals surface area contributed by atoms with E-state index in [1.807, 2.05) is 50.2 Å². The smallest absolute Gasteiger partial charge is 0.264 e. The van der Waals surface area contributed by atoms with Crippen LogP contribution in [0.2, 0.25) is 0 Å². The highest BCUT2D eigenvalue weighted by Crippen LogP contribution is 2.25. The second-order valence-electron chi connectivity index (χ2n) is 10.9. The topological polar surface area (TPSA) is 86.8 Å². The molecule has 0 saturated heterocycles. The molecule has 1 aliphatic rings. The maximum atomic E-state index is 14.1. The lowest BCUT2D eigenvalue weighted by atomic mass is 9.95. The van der Waals surface area contributed by atoms with Gasteiger partial charge >= 0.3 is 0 Å². The Morgan fingerprint density at radius 1 is 0.878 bits per heavy atom. The predicted octanol–water partition coefficient (Wildman–Crippen LogP) is 5.62. The highest BCUT2D eigenvalue weighted by Gasteiger charge is 2.33. The Morgan fingerprint density at radius 3 is 2.10 bits per heavy atom.